The summed E-state index contributed by atoms with van der Waals surface area (Å²) in [6.45, 7) is 0. The first kappa shape index (κ1) is 16.5. The molecule has 0 saturated carbocycles. The summed E-state index contributed by atoms with van der Waals surface area (Å²) in [6.07, 6.45) is 0. The molecule has 0 radical (unpaired) electrons. The molecule has 0 spiro atoms. The van der Waals surface area contributed by atoms with Crippen molar-refractivity contribution in [2.45, 2.75) is 4.90 Å². The lowest BCUT2D eigenvalue weighted by molar-refractivity contribution is -0.385. The number of nitro benzene ring substituents is 1. The molecule has 2 aromatic rings. The zero-order chi connectivity index (χ0) is 16.8. The zero-order valence-corrected chi connectivity index (χ0v) is 12.7. The molecule has 0 atom stereocenters. The van der Waals surface area contributed by atoms with E-state index in [2.05, 4.69) is 5.32 Å². The summed E-state index contributed by atoms with van der Waals surface area (Å²) in [6, 6.07) is 12.5. The second-order valence-corrected chi connectivity index (χ2v) is 5.50. The molecule has 0 fully saturated rings. The van der Waals surface area contributed by atoms with Crippen LogP contribution in [-0.4, -0.2) is 22.5 Å². The van der Waals surface area contributed by atoms with Crippen molar-refractivity contribution in [2.75, 3.05) is 11.1 Å². The number of hydrogen-bond acceptors (Lipinski definition) is 5. The summed E-state index contributed by atoms with van der Waals surface area (Å²) >= 11 is 1.18. The number of nitrogens with one attached hydrogen (secondary N) is 1. The van der Waals surface area contributed by atoms with E-state index in [0.717, 1.165) is 0 Å². The van der Waals surface area contributed by atoms with E-state index in [0.29, 0.717) is 10.6 Å². The summed E-state index contributed by atoms with van der Waals surface area (Å²) in [5.41, 5.74) is 5.27. The molecule has 0 saturated heterocycles. The highest BCUT2D eigenvalue weighted by Gasteiger charge is 2.20. The third-order valence-corrected chi connectivity index (χ3v) is 3.95. The number of carbonyl (C=O) groups is 2. The molecule has 3 N–H and O–H groups in total. The number of nitro groups is 1. The Hall–Kier alpha value is -2.87. The maximum Gasteiger partial charge on any atom is 0.282 e. The number of amides is 2. The molecule has 0 unspecified atom stereocenters. The Kier molecular flexibility index (Phi) is 5.32. The molecular formula is C15H13N3O4S. The van der Waals surface area contributed by atoms with Crippen molar-refractivity contribution >= 4 is 35.0 Å². The van der Waals surface area contributed by atoms with E-state index in [1.165, 1.54) is 30.0 Å². The Morgan fingerprint density at radius 2 is 1.78 bits per heavy atom. The first-order valence-electron chi connectivity index (χ1n) is 6.54. The number of rotatable bonds is 6. The lowest BCUT2D eigenvalue weighted by atomic mass is 10.1. The van der Waals surface area contributed by atoms with Crippen LogP contribution in [0.1, 0.15) is 10.4 Å². The quantitative estimate of drug-likeness (QED) is 0.479. The summed E-state index contributed by atoms with van der Waals surface area (Å²) in [5, 5.41) is 13.6. The normalized spacial score (nSPS) is 10.1. The largest absolute Gasteiger partial charge is 0.369 e. The van der Waals surface area contributed by atoms with Crippen LogP contribution in [0.5, 0.6) is 0 Å². The maximum atomic E-state index is 12.3. The van der Waals surface area contributed by atoms with Crippen LogP contribution >= 0.6 is 11.8 Å². The van der Waals surface area contributed by atoms with E-state index in [4.69, 9.17) is 5.73 Å². The fourth-order valence-corrected chi connectivity index (χ4v) is 2.61. The van der Waals surface area contributed by atoms with E-state index < -0.39 is 16.7 Å². The monoisotopic (exact) mass is 331 g/mol. The van der Waals surface area contributed by atoms with Crippen LogP contribution in [0, 0.1) is 10.1 Å². The van der Waals surface area contributed by atoms with Gasteiger partial charge < -0.3 is 11.1 Å². The minimum atomic E-state index is -0.608. The summed E-state index contributed by atoms with van der Waals surface area (Å²) < 4.78 is 0. The van der Waals surface area contributed by atoms with Crippen LogP contribution in [0.25, 0.3) is 0 Å². The SMILES string of the molecule is NC(=O)CSc1ccccc1NC(=O)c1ccccc1[N+](=O)[O-]. The van der Waals surface area contributed by atoms with Crippen molar-refractivity contribution in [1.29, 1.82) is 0 Å². The van der Waals surface area contributed by atoms with Gasteiger partial charge in [0.15, 0.2) is 0 Å². The van der Waals surface area contributed by atoms with Crippen LogP contribution < -0.4 is 11.1 Å². The van der Waals surface area contributed by atoms with Crippen LogP contribution in [-0.2, 0) is 4.79 Å². The van der Waals surface area contributed by atoms with Gasteiger partial charge in [0.05, 0.1) is 16.4 Å². The second-order valence-electron chi connectivity index (χ2n) is 4.48. The van der Waals surface area contributed by atoms with Crippen molar-refractivity contribution in [3.05, 3.63) is 64.2 Å². The second kappa shape index (κ2) is 7.41. The number of primary amides is 1. The van der Waals surface area contributed by atoms with E-state index in [1.54, 1.807) is 30.3 Å². The molecule has 7 nitrogen and oxygen atoms in total. The van der Waals surface area contributed by atoms with Gasteiger partial charge in [-0.15, -0.1) is 11.8 Å². The Morgan fingerprint density at radius 3 is 2.48 bits per heavy atom. The van der Waals surface area contributed by atoms with Gasteiger partial charge >= 0.3 is 0 Å². The molecule has 23 heavy (non-hydrogen) atoms. The highest BCUT2D eigenvalue weighted by atomic mass is 32.2. The average molecular weight is 331 g/mol. The smallest absolute Gasteiger partial charge is 0.282 e. The predicted octanol–water partition coefficient (Wildman–Crippen LogP) is 2.42. The van der Waals surface area contributed by atoms with Crippen molar-refractivity contribution in [3.63, 3.8) is 0 Å². The van der Waals surface area contributed by atoms with E-state index in [1.807, 2.05) is 0 Å². The van der Waals surface area contributed by atoms with Crippen LogP contribution in [0.2, 0.25) is 0 Å². The van der Waals surface area contributed by atoms with Gasteiger partial charge in [-0.2, -0.15) is 0 Å². The van der Waals surface area contributed by atoms with Crippen molar-refractivity contribution in [1.82, 2.24) is 0 Å². The van der Waals surface area contributed by atoms with Gasteiger partial charge in [0.25, 0.3) is 11.6 Å². The number of benzene rings is 2. The van der Waals surface area contributed by atoms with Gasteiger partial charge in [-0.05, 0) is 18.2 Å². The lowest BCUT2D eigenvalue weighted by Crippen LogP contribution is -2.15. The highest BCUT2D eigenvalue weighted by Crippen LogP contribution is 2.28. The highest BCUT2D eigenvalue weighted by molar-refractivity contribution is 8.00. The molecule has 0 aliphatic heterocycles. The average Bonchev–Trinajstić information content (AvgIpc) is 2.53. The lowest BCUT2D eigenvalue weighted by Gasteiger charge is -2.10. The number of para-hydroxylation sites is 2. The van der Waals surface area contributed by atoms with Crippen LogP contribution in [0.4, 0.5) is 11.4 Å². The number of nitrogens with two attached hydrogens (primary N) is 1. The van der Waals surface area contributed by atoms with Gasteiger partial charge in [0.1, 0.15) is 5.56 Å². The molecule has 0 aliphatic rings. The topological polar surface area (TPSA) is 115 Å². The van der Waals surface area contributed by atoms with Crippen molar-refractivity contribution in [3.8, 4) is 0 Å². The van der Waals surface area contributed by atoms with Gasteiger partial charge in [0.2, 0.25) is 5.91 Å². The first-order valence-corrected chi connectivity index (χ1v) is 7.52. The molecule has 0 heterocycles. The Balaban J connectivity index is 2.24. The molecule has 2 aromatic carbocycles. The van der Waals surface area contributed by atoms with E-state index in [9.17, 15) is 19.7 Å². The molecule has 8 heteroatoms. The van der Waals surface area contributed by atoms with Crippen LogP contribution in [0.15, 0.2) is 53.4 Å². The minimum Gasteiger partial charge on any atom is -0.369 e. The Labute approximate surface area is 136 Å². The summed E-state index contributed by atoms with van der Waals surface area (Å²) in [7, 11) is 0. The van der Waals surface area contributed by atoms with E-state index >= 15 is 0 Å². The van der Waals surface area contributed by atoms with Crippen molar-refractivity contribution in [2.24, 2.45) is 5.73 Å². The maximum absolute atomic E-state index is 12.3. The van der Waals surface area contributed by atoms with Gasteiger partial charge in [-0.3, -0.25) is 19.7 Å². The minimum absolute atomic E-state index is 0.0350. The molecule has 2 rings (SSSR count). The third-order valence-electron chi connectivity index (χ3n) is 2.85. The number of hydrogen-bond donors (Lipinski definition) is 2. The number of carbonyl (C=O) groups excluding carboxylic acids is 2. The Bertz CT molecular complexity index is 764. The van der Waals surface area contributed by atoms with Gasteiger partial charge in [-0.1, -0.05) is 24.3 Å². The molecule has 0 aromatic heterocycles. The molecule has 0 aliphatic carbocycles. The van der Waals surface area contributed by atoms with E-state index in [-0.39, 0.29) is 17.0 Å². The zero-order valence-electron chi connectivity index (χ0n) is 11.9. The number of nitrogens with zero attached hydrogens (tertiary/aromatic N) is 1. The fourth-order valence-electron chi connectivity index (χ4n) is 1.86. The van der Waals surface area contributed by atoms with Gasteiger partial charge in [-0.25, -0.2) is 0 Å². The molecule has 118 valence electrons. The van der Waals surface area contributed by atoms with Crippen LogP contribution in [0.3, 0.4) is 0 Å². The fraction of sp³-hybridized carbons (Fsp3) is 0.0667. The summed E-state index contributed by atoms with van der Waals surface area (Å²) in [5.74, 6) is -1.00. The molecule has 0 bridgehead atoms. The standard InChI is InChI=1S/C15H13N3O4S/c16-14(19)9-23-13-8-4-2-6-11(13)17-15(20)10-5-1-3-7-12(10)18(21)22/h1-8H,9H2,(H2,16,19)(H,17,20). The number of anilines is 1. The van der Waals surface area contributed by atoms with Crippen molar-refractivity contribution < 1.29 is 14.5 Å². The number of thioether (sulfide) groups is 1. The molecule has 2 amide bonds. The van der Waals surface area contributed by atoms with Gasteiger partial charge in [0, 0.05) is 11.0 Å². The summed E-state index contributed by atoms with van der Waals surface area (Å²) in [4.78, 5) is 34.2. The first-order chi connectivity index (χ1) is 11.0. The Morgan fingerprint density at radius 1 is 1.13 bits per heavy atom. The third kappa shape index (κ3) is 4.30. The molecular weight excluding hydrogens is 318 g/mol. The predicted molar refractivity (Wildman–Crippen MR) is 87.4 cm³/mol.